The minimum absolute atomic E-state index is 0.719. The molecule has 0 heterocycles. The van der Waals surface area contributed by atoms with Crippen LogP contribution in [0.2, 0.25) is 0 Å². The van der Waals surface area contributed by atoms with Crippen molar-refractivity contribution in [1.29, 1.82) is 0 Å². The summed E-state index contributed by atoms with van der Waals surface area (Å²) in [6, 6.07) is 4.22. The quantitative estimate of drug-likeness (QED) is 0.128. The Kier molecular flexibility index (Phi) is 20.8. The molecule has 3 nitrogen and oxygen atoms in total. The summed E-state index contributed by atoms with van der Waals surface area (Å²) in [6.45, 7) is 13.1. The highest BCUT2D eigenvalue weighted by molar-refractivity contribution is 5.54. The number of ether oxygens (including phenoxy) is 3. The van der Waals surface area contributed by atoms with Crippen LogP contribution in [0.1, 0.15) is 142 Å². The fourth-order valence-electron chi connectivity index (χ4n) is 4.32. The first-order chi connectivity index (χ1) is 17.3. The first kappa shape index (κ1) is 31.6. The third-order valence-electron chi connectivity index (χ3n) is 6.62. The van der Waals surface area contributed by atoms with Crippen LogP contribution in [0.15, 0.2) is 12.1 Å². The lowest BCUT2D eigenvalue weighted by Gasteiger charge is -2.19. The third-order valence-corrected chi connectivity index (χ3v) is 6.62. The Bertz CT molecular complexity index is 559. The van der Waals surface area contributed by atoms with Gasteiger partial charge in [-0.15, -0.1) is 0 Å². The lowest BCUT2D eigenvalue weighted by molar-refractivity contribution is 0.234. The van der Waals surface area contributed by atoms with Crippen molar-refractivity contribution in [2.45, 2.75) is 143 Å². The molecule has 0 aromatic heterocycles. The van der Waals surface area contributed by atoms with Crippen LogP contribution in [0.4, 0.5) is 0 Å². The molecular formula is C32H57O3. The zero-order valence-electron chi connectivity index (χ0n) is 23.6. The molecule has 0 aliphatic rings. The van der Waals surface area contributed by atoms with Crippen LogP contribution in [-0.4, -0.2) is 19.8 Å². The number of hydrogen-bond donors (Lipinski definition) is 0. The van der Waals surface area contributed by atoms with Gasteiger partial charge >= 0.3 is 0 Å². The minimum Gasteiger partial charge on any atom is -0.490 e. The Morgan fingerprint density at radius 3 is 1.20 bits per heavy atom. The molecule has 0 N–H and O–H groups in total. The summed E-state index contributed by atoms with van der Waals surface area (Å²) in [5.41, 5.74) is 1.15. The molecule has 0 saturated heterocycles. The Balaban J connectivity index is 2.69. The topological polar surface area (TPSA) is 27.7 Å². The fraction of sp³-hybridized carbons (Fsp3) is 0.781. The summed E-state index contributed by atoms with van der Waals surface area (Å²) in [5, 5.41) is 0. The van der Waals surface area contributed by atoms with E-state index in [0.717, 1.165) is 68.3 Å². The molecule has 1 aromatic rings. The summed E-state index contributed by atoms with van der Waals surface area (Å²) < 4.78 is 18.9. The van der Waals surface area contributed by atoms with Gasteiger partial charge in [0.15, 0.2) is 11.5 Å². The lowest BCUT2D eigenvalue weighted by Crippen LogP contribution is -2.07. The van der Waals surface area contributed by atoms with E-state index in [4.69, 9.17) is 14.2 Å². The van der Waals surface area contributed by atoms with Crippen LogP contribution >= 0.6 is 0 Å². The van der Waals surface area contributed by atoms with E-state index in [-0.39, 0.29) is 0 Å². The minimum atomic E-state index is 0.719. The summed E-state index contributed by atoms with van der Waals surface area (Å²) in [4.78, 5) is 0. The van der Waals surface area contributed by atoms with E-state index in [9.17, 15) is 0 Å². The molecule has 1 aromatic carbocycles. The van der Waals surface area contributed by atoms with Crippen molar-refractivity contribution in [3.05, 3.63) is 24.6 Å². The van der Waals surface area contributed by atoms with Crippen molar-refractivity contribution >= 4 is 0 Å². The predicted octanol–water partition coefficient (Wildman–Crippen LogP) is 10.3. The molecule has 0 bridgehead atoms. The predicted molar refractivity (Wildman–Crippen MR) is 152 cm³/mol. The van der Waals surface area contributed by atoms with E-state index in [1.807, 2.05) is 0 Å². The zero-order chi connectivity index (χ0) is 25.4. The van der Waals surface area contributed by atoms with E-state index in [0.29, 0.717) is 0 Å². The van der Waals surface area contributed by atoms with Gasteiger partial charge in [0.05, 0.1) is 19.8 Å². The summed E-state index contributed by atoms with van der Waals surface area (Å²) in [6.07, 6.45) is 23.4. The standard InChI is InChI=1S/C32H57O3/c1-5-9-12-15-18-21-24-33-30-27-29(8-4)28-31(34-25-22-19-16-13-10-6-2)32(30)35-26-23-20-17-14-11-7-3/h27-28H,4-26H2,1-3H3. The van der Waals surface area contributed by atoms with Gasteiger partial charge in [0.1, 0.15) is 0 Å². The Labute approximate surface area is 218 Å². The highest BCUT2D eigenvalue weighted by Crippen LogP contribution is 2.39. The van der Waals surface area contributed by atoms with Crippen molar-refractivity contribution in [1.82, 2.24) is 0 Å². The molecule has 3 heteroatoms. The van der Waals surface area contributed by atoms with Crippen LogP contribution in [0.5, 0.6) is 17.2 Å². The maximum absolute atomic E-state index is 6.32. The van der Waals surface area contributed by atoms with E-state index < -0.39 is 0 Å². The third kappa shape index (κ3) is 16.1. The van der Waals surface area contributed by atoms with Gasteiger partial charge in [0.2, 0.25) is 5.75 Å². The lowest BCUT2D eigenvalue weighted by atomic mass is 10.1. The smallest absolute Gasteiger partial charge is 0.203 e. The SMILES string of the molecule is [CH2]Cc1cc(OCCCCCCCC)c(OCCCCCCCC)c(OCCCCCCCC)c1. The average Bonchev–Trinajstić information content (AvgIpc) is 2.87. The van der Waals surface area contributed by atoms with Crippen LogP contribution < -0.4 is 14.2 Å². The molecule has 0 spiro atoms. The second-order valence-corrected chi connectivity index (χ2v) is 10.0. The maximum Gasteiger partial charge on any atom is 0.203 e. The van der Waals surface area contributed by atoms with Crippen molar-refractivity contribution in [3.63, 3.8) is 0 Å². The highest BCUT2D eigenvalue weighted by Gasteiger charge is 2.15. The maximum atomic E-state index is 6.32. The number of hydrogen-bond acceptors (Lipinski definition) is 3. The van der Waals surface area contributed by atoms with Gasteiger partial charge in [-0.25, -0.2) is 0 Å². The molecule has 0 amide bonds. The van der Waals surface area contributed by atoms with Gasteiger partial charge in [-0.3, -0.25) is 0 Å². The molecular weight excluding hydrogens is 432 g/mol. The monoisotopic (exact) mass is 489 g/mol. The summed E-state index contributed by atoms with van der Waals surface area (Å²) >= 11 is 0. The van der Waals surface area contributed by atoms with Gasteiger partial charge in [-0.2, -0.15) is 0 Å². The first-order valence-electron chi connectivity index (χ1n) is 15.1. The fourth-order valence-corrected chi connectivity index (χ4v) is 4.32. The normalized spacial score (nSPS) is 11.1. The van der Waals surface area contributed by atoms with Crippen molar-refractivity contribution in [2.24, 2.45) is 0 Å². The van der Waals surface area contributed by atoms with Crippen molar-refractivity contribution in [3.8, 4) is 17.2 Å². The Morgan fingerprint density at radius 1 is 0.486 bits per heavy atom. The second-order valence-electron chi connectivity index (χ2n) is 10.0. The van der Waals surface area contributed by atoms with Crippen LogP contribution in [0.25, 0.3) is 0 Å². The largest absolute Gasteiger partial charge is 0.490 e. The van der Waals surface area contributed by atoms with Gasteiger partial charge < -0.3 is 14.2 Å². The Morgan fingerprint density at radius 2 is 0.829 bits per heavy atom. The van der Waals surface area contributed by atoms with E-state index >= 15 is 0 Å². The first-order valence-corrected chi connectivity index (χ1v) is 15.1. The van der Waals surface area contributed by atoms with Gasteiger partial charge in [-0.05, 0) is 50.3 Å². The average molecular weight is 490 g/mol. The molecule has 0 aliphatic carbocycles. The molecule has 203 valence electrons. The highest BCUT2D eigenvalue weighted by atomic mass is 16.5. The van der Waals surface area contributed by atoms with E-state index in [1.165, 1.54) is 96.3 Å². The van der Waals surface area contributed by atoms with Gasteiger partial charge in [0.25, 0.3) is 0 Å². The van der Waals surface area contributed by atoms with Gasteiger partial charge in [0, 0.05) is 0 Å². The zero-order valence-corrected chi connectivity index (χ0v) is 23.6. The van der Waals surface area contributed by atoms with E-state index in [2.05, 4.69) is 39.8 Å². The molecule has 0 fully saturated rings. The Hall–Kier alpha value is -1.38. The van der Waals surface area contributed by atoms with Crippen LogP contribution in [0, 0.1) is 6.92 Å². The summed E-state index contributed by atoms with van der Waals surface area (Å²) in [5.74, 6) is 2.47. The molecule has 0 saturated carbocycles. The molecule has 1 rings (SSSR count). The van der Waals surface area contributed by atoms with Crippen molar-refractivity contribution < 1.29 is 14.2 Å². The number of benzene rings is 1. The second kappa shape index (κ2) is 23.0. The molecule has 35 heavy (non-hydrogen) atoms. The summed E-state index contributed by atoms with van der Waals surface area (Å²) in [7, 11) is 0. The molecule has 0 aliphatic heterocycles. The van der Waals surface area contributed by atoms with Crippen molar-refractivity contribution in [2.75, 3.05) is 19.8 Å². The van der Waals surface area contributed by atoms with Gasteiger partial charge in [-0.1, -0.05) is 117 Å². The number of unbranched alkanes of at least 4 members (excludes halogenated alkanes) is 15. The molecule has 0 atom stereocenters. The van der Waals surface area contributed by atoms with Crippen LogP contribution in [-0.2, 0) is 6.42 Å². The molecule has 1 radical (unpaired) electrons. The van der Waals surface area contributed by atoms with Crippen LogP contribution in [0.3, 0.4) is 0 Å². The molecule has 0 unspecified atom stereocenters. The number of rotatable bonds is 25. The van der Waals surface area contributed by atoms with E-state index in [1.54, 1.807) is 0 Å².